The van der Waals surface area contributed by atoms with Crippen LogP contribution in [-0.2, 0) is 10.0 Å². The van der Waals surface area contributed by atoms with E-state index < -0.39 is 10.0 Å². The van der Waals surface area contributed by atoms with Crippen LogP contribution in [0.2, 0.25) is 0 Å². The largest absolute Gasteiger partial charge is 0.493 e. The summed E-state index contributed by atoms with van der Waals surface area (Å²) in [6.45, 7) is 3.51. The van der Waals surface area contributed by atoms with Crippen molar-refractivity contribution in [1.29, 1.82) is 0 Å². The van der Waals surface area contributed by atoms with Crippen LogP contribution >= 0.6 is 0 Å². The smallest absolute Gasteiger partial charge is 0.254 e. The maximum absolute atomic E-state index is 13.2. The number of amides is 1. The van der Waals surface area contributed by atoms with Gasteiger partial charge in [-0.1, -0.05) is 30.3 Å². The molecule has 0 aromatic heterocycles. The fourth-order valence-electron chi connectivity index (χ4n) is 3.87. The Hall–Kier alpha value is -3.10. The van der Waals surface area contributed by atoms with Crippen molar-refractivity contribution in [2.24, 2.45) is 0 Å². The quantitative estimate of drug-likeness (QED) is 0.571. The Morgan fingerprint density at radius 2 is 1.62 bits per heavy atom. The Morgan fingerprint density at radius 1 is 0.906 bits per heavy atom. The second-order valence-electron chi connectivity index (χ2n) is 7.50. The summed E-state index contributed by atoms with van der Waals surface area (Å²) in [7, 11) is -2.10. The average Bonchev–Trinajstić information content (AvgIpc) is 2.83. The Balaban J connectivity index is 1.46. The van der Waals surface area contributed by atoms with Crippen molar-refractivity contribution in [3.05, 3.63) is 66.2 Å². The number of methoxy groups -OCH3 is 1. The van der Waals surface area contributed by atoms with Gasteiger partial charge < -0.3 is 14.4 Å². The van der Waals surface area contributed by atoms with Crippen LogP contribution in [0.15, 0.2) is 65.6 Å². The number of piperazine rings is 1. The molecule has 0 aliphatic carbocycles. The van der Waals surface area contributed by atoms with Crippen LogP contribution in [-0.4, -0.2) is 63.4 Å². The summed E-state index contributed by atoms with van der Waals surface area (Å²) >= 11 is 0. The fraction of sp³-hybridized carbons (Fsp3) is 0.292. The van der Waals surface area contributed by atoms with E-state index in [1.54, 1.807) is 35.2 Å². The molecule has 0 saturated carbocycles. The number of benzene rings is 3. The SMILES string of the molecule is CCOc1ccc(C(=O)N2CCN(S(=O)(=O)c3ccc4ccccc4c3)CC2)cc1OC. The van der Waals surface area contributed by atoms with E-state index in [9.17, 15) is 13.2 Å². The number of nitrogens with zero attached hydrogens (tertiary/aromatic N) is 2. The Kier molecular flexibility index (Phi) is 6.34. The zero-order valence-electron chi connectivity index (χ0n) is 18.2. The van der Waals surface area contributed by atoms with Gasteiger partial charge in [0.15, 0.2) is 11.5 Å². The molecule has 1 amide bonds. The van der Waals surface area contributed by atoms with E-state index in [0.29, 0.717) is 36.8 Å². The molecule has 7 nitrogen and oxygen atoms in total. The monoisotopic (exact) mass is 454 g/mol. The first-order valence-electron chi connectivity index (χ1n) is 10.5. The predicted molar refractivity (Wildman–Crippen MR) is 123 cm³/mol. The number of carbonyl (C=O) groups excluding carboxylic acids is 1. The fourth-order valence-corrected chi connectivity index (χ4v) is 5.32. The highest BCUT2D eigenvalue weighted by molar-refractivity contribution is 7.89. The summed E-state index contributed by atoms with van der Waals surface area (Å²) < 4.78 is 38.6. The normalized spacial score (nSPS) is 15.0. The van der Waals surface area contributed by atoms with Crippen molar-refractivity contribution in [1.82, 2.24) is 9.21 Å². The van der Waals surface area contributed by atoms with Gasteiger partial charge in [-0.2, -0.15) is 4.31 Å². The number of rotatable bonds is 6. The first-order chi connectivity index (χ1) is 15.4. The highest BCUT2D eigenvalue weighted by Gasteiger charge is 2.30. The van der Waals surface area contributed by atoms with E-state index in [0.717, 1.165) is 10.8 Å². The van der Waals surface area contributed by atoms with Gasteiger partial charge >= 0.3 is 0 Å². The lowest BCUT2D eigenvalue weighted by Gasteiger charge is -2.34. The van der Waals surface area contributed by atoms with Crippen molar-refractivity contribution in [3.63, 3.8) is 0 Å². The minimum Gasteiger partial charge on any atom is -0.493 e. The second kappa shape index (κ2) is 9.18. The molecule has 0 unspecified atom stereocenters. The molecule has 4 rings (SSSR count). The van der Waals surface area contributed by atoms with Crippen molar-refractivity contribution in [3.8, 4) is 11.5 Å². The van der Waals surface area contributed by atoms with Crippen LogP contribution < -0.4 is 9.47 Å². The summed E-state index contributed by atoms with van der Waals surface area (Å²) in [5, 5.41) is 1.87. The third kappa shape index (κ3) is 4.28. The van der Waals surface area contributed by atoms with E-state index in [2.05, 4.69) is 0 Å². The molecule has 8 heteroatoms. The summed E-state index contributed by atoms with van der Waals surface area (Å²) in [6, 6.07) is 17.9. The molecular weight excluding hydrogens is 428 g/mol. The van der Waals surface area contributed by atoms with Crippen LogP contribution in [0.25, 0.3) is 10.8 Å². The highest BCUT2D eigenvalue weighted by Crippen LogP contribution is 2.29. The standard InChI is InChI=1S/C24H26N2O5S/c1-3-31-22-11-9-20(17-23(22)30-2)24(27)25-12-14-26(15-13-25)32(28,29)21-10-8-18-6-4-5-7-19(18)16-21/h4-11,16-17H,3,12-15H2,1-2H3. The van der Waals surface area contributed by atoms with Gasteiger partial charge in [0.05, 0.1) is 18.6 Å². The van der Waals surface area contributed by atoms with Gasteiger partial charge in [0, 0.05) is 31.7 Å². The summed E-state index contributed by atoms with van der Waals surface area (Å²) in [5.41, 5.74) is 0.483. The Bertz CT molecular complexity index is 1230. The summed E-state index contributed by atoms with van der Waals surface area (Å²) in [6.07, 6.45) is 0. The van der Waals surface area contributed by atoms with Gasteiger partial charge in [0.25, 0.3) is 5.91 Å². The van der Waals surface area contributed by atoms with Gasteiger partial charge in [-0.3, -0.25) is 4.79 Å². The molecule has 3 aromatic rings. The molecule has 1 heterocycles. The highest BCUT2D eigenvalue weighted by atomic mass is 32.2. The molecule has 3 aromatic carbocycles. The minimum atomic E-state index is -3.63. The molecule has 1 aliphatic heterocycles. The second-order valence-corrected chi connectivity index (χ2v) is 9.44. The summed E-state index contributed by atoms with van der Waals surface area (Å²) in [4.78, 5) is 14.9. The van der Waals surface area contributed by atoms with Crippen LogP contribution in [0.5, 0.6) is 11.5 Å². The van der Waals surface area contributed by atoms with Crippen molar-refractivity contribution >= 4 is 26.7 Å². The van der Waals surface area contributed by atoms with Gasteiger partial charge in [-0.25, -0.2) is 8.42 Å². The average molecular weight is 455 g/mol. The Labute approximate surface area is 188 Å². The number of sulfonamides is 1. The third-order valence-corrected chi connectivity index (χ3v) is 7.49. The molecule has 0 radical (unpaired) electrons. The molecule has 1 fully saturated rings. The van der Waals surface area contributed by atoms with Crippen LogP contribution in [0.1, 0.15) is 17.3 Å². The Morgan fingerprint density at radius 3 is 2.31 bits per heavy atom. The van der Waals surface area contributed by atoms with Crippen molar-refractivity contribution in [2.75, 3.05) is 39.9 Å². The van der Waals surface area contributed by atoms with Gasteiger partial charge in [-0.05, 0) is 48.0 Å². The maximum Gasteiger partial charge on any atom is 0.254 e. The van der Waals surface area contributed by atoms with E-state index in [4.69, 9.17) is 9.47 Å². The molecule has 0 atom stereocenters. The molecule has 0 bridgehead atoms. The van der Waals surface area contributed by atoms with E-state index in [-0.39, 0.29) is 23.9 Å². The van der Waals surface area contributed by atoms with E-state index >= 15 is 0 Å². The molecule has 168 valence electrons. The number of fused-ring (bicyclic) bond motifs is 1. The molecule has 1 saturated heterocycles. The molecule has 32 heavy (non-hydrogen) atoms. The molecular formula is C24H26N2O5S. The first-order valence-corrected chi connectivity index (χ1v) is 12.0. The number of hydrogen-bond donors (Lipinski definition) is 0. The van der Waals surface area contributed by atoms with Gasteiger partial charge in [0.2, 0.25) is 10.0 Å². The molecule has 0 N–H and O–H groups in total. The van der Waals surface area contributed by atoms with E-state index in [1.165, 1.54) is 11.4 Å². The first kappa shape index (κ1) is 22.1. The van der Waals surface area contributed by atoms with Crippen LogP contribution in [0.4, 0.5) is 0 Å². The number of hydrogen-bond acceptors (Lipinski definition) is 5. The lowest BCUT2D eigenvalue weighted by atomic mass is 10.1. The van der Waals surface area contributed by atoms with Crippen molar-refractivity contribution < 1.29 is 22.7 Å². The van der Waals surface area contributed by atoms with E-state index in [1.807, 2.05) is 37.3 Å². The number of carbonyl (C=O) groups is 1. The predicted octanol–water partition coefficient (Wildman–Crippen LogP) is 3.39. The van der Waals surface area contributed by atoms with Crippen LogP contribution in [0, 0.1) is 0 Å². The zero-order valence-corrected chi connectivity index (χ0v) is 19.0. The zero-order chi connectivity index (χ0) is 22.7. The topological polar surface area (TPSA) is 76.2 Å². The van der Waals surface area contributed by atoms with Gasteiger partial charge in [0.1, 0.15) is 0 Å². The van der Waals surface area contributed by atoms with Gasteiger partial charge in [-0.15, -0.1) is 0 Å². The lowest BCUT2D eigenvalue weighted by molar-refractivity contribution is 0.0697. The lowest BCUT2D eigenvalue weighted by Crippen LogP contribution is -2.50. The molecule has 0 spiro atoms. The number of ether oxygens (including phenoxy) is 2. The molecule has 1 aliphatic rings. The maximum atomic E-state index is 13.2. The van der Waals surface area contributed by atoms with Crippen LogP contribution in [0.3, 0.4) is 0 Å². The minimum absolute atomic E-state index is 0.158. The van der Waals surface area contributed by atoms with Crippen molar-refractivity contribution in [2.45, 2.75) is 11.8 Å². The summed E-state index contributed by atoms with van der Waals surface area (Å²) in [5.74, 6) is 0.919. The third-order valence-electron chi connectivity index (χ3n) is 5.59.